The van der Waals surface area contributed by atoms with E-state index in [-0.39, 0.29) is 58.8 Å². The first-order valence-corrected chi connectivity index (χ1v) is 12.4. The number of likely N-dealkylation sites (tertiary alicyclic amines) is 2. The number of aromatic nitrogens is 1. The Balaban J connectivity index is 1.68. The first-order valence-electron chi connectivity index (χ1n) is 11.3. The number of carbonyl (C=O) groups is 2. The molecule has 182 valence electrons. The Hall–Kier alpha value is -2.17. The molecular formula is C23H25BrClFN4O4. The molecule has 1 N–H and O–H groups in total. The number of ether oxygens (including phenoxy) is 1. The molecule has 0 radical (unpaired) electrons. The molecule has 34 heavy (non-hydrogen) atoms. The molecule has 4 heterocycles. The summed E-state index contributed by atoms with van der Waals surface area (Å²) in [6.45, 7) is 1.76. The monoisotopic (exact) mass is 554 g/mol. The van der Waals surface area contributed by atoms with Crippen LogP contribution in [0.3, 0.4) is 0 Å². The van der Waals surface area contributed by atoms with Gasteiger partial charge in [0.25, 0.3) is 0 Å². The molecule has 1 atom stereocenters. The van der Waals surface area contributed by atoms with Crippen LogP contribution in [0.5, 0.6) is 5.88 Å². The van der Waals surface area contributed by atoms with Crippen LogP contribution >= 0.6 is 27.5 Å². The molecule has 0 unspecified atom stereocenters. The quantitative estimate of drug-likeness (QED) is 0.570. The van der Waals surface area contributed by atoms with Gasteiger partial charge in [0.1, 0.15) is 17.8 Å². The average Bonchev–Trinajstić information content (AvgIpc) is 3.32. The van der Waals surface area contributed by atoms with Crippen molar-refractivity contribution in [3.8, 4) is 5.88 Å². The Kier molecular flexibility index (Phi) is 5.89. The van der Waals surface area contributed by atoms with E-state index in [0.717, 1.165) is 19.4 Å². The number of amides is 2. The maximum absolute atomic E-state index is 15.4. The second-order valence-electron chi connectivity index (χ2n) is 9.33. The molecule has 11 heteroatoms. The number of hydrogen-bond acceptors (Lipinski definition) is 5. The number of rotatable bonds is 3. The molecule has 0 bridgehead atoms. The minimum Gasteiger partial charge on any atom is -0.474 e. The molecule has 2 aromatic rings. The summed E-state index contributed by atoms with van der Waals surface area (Å²) in [7, 11) is 3.71. The van der Waals surface area contributed by atoms with Gasteiger partial charge in [0, 0.05) is 37.1 Å². The molecule has 0 aliphatic carbocycles. The number of halogens is 3. The number of piperidine rings is 1. The normalized spacial score (nSPS) is 22.1. The lowest BCUT2D eigenvalue weighted by atomic mass is 9.72. The topological polar surface area (TPSA) is 86.2 Å². The van der Waals surface area contributed by atoms with Gasteiger partial charge >= 0.3 is 6.09 Å². The van der Waals surface area contributed by atoms with Crippen LogP contribution in [-0.4, -0.2) is 78.3 Å². The summed E-state index contributed by atoms with van der Waals surface area (Å²) in [4.78, 5) is 34.8. The molecule has 5 rings (SSSR count). The van der Waals surface area contributed by atoms with Gasteiger partial charge in [-0.1, -0.05) is 11.6 Å². The minimum atomic E-state index is -1.02. The number of likely N-dealkylation sites (N-methyl/N-ethyl adjacent to an activating group) is 2. The average molecular weight is 556 g/mol. The summed E-state index contributed by atoms with van der Waals surface area (Å²) in [6, 6.07) is 1.84. The van der Waals surface area contributed by atoms with E-state index in [4.69, 9.17) is 16.3 Å². The van der Waals surface area contributed by atoms with Crippen LogP contribution in [0.4, 0.5) is 14.9 Å². The smallest absolute Gasteiger partial charge is 0.407 e. The maximum Gasteiger partial charge on any atom is 0.407 e. The zero-order valence-electron chi connectivity index (χ0n) is 18.9. The maximum atomic E-state index is 15.4. The van der Waals surface area contributed by atoms with E-state index in [9.17, 15) is 14.7 Å². The number of benzene rings is 1. The van der Waals surface area contributed by atoms with Crippen LogP contribution in [0.2, 0.25) is 5.02 Å². The molecule has 2 amide bonds. The van der Waals surface area contributed by atoms with Crippen molar-refractivity contribution < 1.29 is 23.8 Å². The number of hydrogen-bond donors (Lipinski definition) is 1. The molecule has 0 saturated carbocycles. The predicted molar refractivity (Wildman–Crippen MR) is 129 cm³/mol. The fourth-order valence-electron chi connectivity index (χ4n) is 5.61. The number of pyridine rings is 1. The van der Waals surface area contributed by atoms with Crippen molar-refractivity contribution >= 4 is 56.1 Å². The summed E-state index contributed by atoms with van der Waals surface area (Å²) >= 11 is 9.52. The van der Waals surface area contributed by atoms with Gasteiger partial charge in [0.15, 0.2) is 5.82 Å². The van der Waals surface area contributed by atoms with Gasteiger partial charge in [-0.15, -0.1) is 0 Å². The van der Waals surface area contributed by atoms with E-state index < -0.39 is 17.3 Å². The first-order chi connectivity index (χ1) is 16.2. The van der Waals surface area contributed by atoms with Gasteiger partial charge in [-0.3, -0.25) is 4.79 Å². The van der Waals surface area contributed by atoms with Gasteiger partial charge in [0.05, 0.1) is 14.9 Å². The molecule has 1 aromatic carbocycles. The zero-order chi connectivity index (χ0) is 24.4. The Morgan fingerprint density at radius 1 is 1.35 bits per heavy atom. The van der Waals surface area contributed by atoms with E-state index >= 15 is 4.39 Å². The van der Waals surface area contributed by atoms with Crippen molar-refractivity contribution in [1.29, 1.82) is 0 Å². The molecular weight excluding hydrogens is 531 g/mol. The molecule has 3 aliphatic rings. The summed E-state index contributed by atoms with van der Waals surface area (Å²) in [6.07, 6.45) is 1.63. The van der Waals surface area contributed by atoms with E-state index in [1.165, 1.54) is 9.80 Å². The van der Waals surface area contributed by atoms with Crippen molar-refractivity contribution in [3.63, 3.8) is 0 Å². The number of nitrogens with zero attached hydrogens (tertiary/aromatic N) is 4. The third-order valence-electron chi connectivity index (χ3n) is 7.56. The fraction of sp³-hybridized carbons (Fsp3) is 0.522. The van der Waals surface area contributed by atoms with Crippen LogP contribution in [0.25, 0.3) is 10.9 Å². The highest BCUT2D eigenvalue weighted by Gasteiger charge is 2.54. The first kappa shape index (κ1) is 23.6. The van der Waals surface area contributed by atoms with Crippen molar-refractivity contribution in [2.75, 3.05) is 45.2 Å². The van der Waals surface area contributed by atoms with E-state index in [2.05, 4.69) is 25.8 Å². The molecule has 8 nitrogen and oxygen atoms in total. The van der Waals surface area contributed by atoms with E-state index in [1.807, 2.05) is 7.05 Å². The molecule has 1 aromatic heterocycles. The Morgan fingerprint density at radius 3 is 2.68 bits per heavy atom. The largest absolute Gasteiger partial charge is 0.474 e. The lowest BCUT2D eigenvalue weighted by Gasteiger charge is -2.37. The second-order valence-corrected chi connectivity index (χ2v) is 10.5. The van der Waals surface area contributed by atoms with E-state index in [0.29, 0.717) is 23.2 Å². The highest BCUT2D eigenvalue weighted by atomic mass is 79.9. The Labute approximate surface area is 209 Å². The summed E-state index contributed by atoms with van der Waals surface area (Å²) in [5.41, 5.74) is 0.217. The highest BCUT2D eigenvalue weighted by Crippen LogP contribution is 2.54. The number of carboxylic acid groups (broad SMARTS) is 1. The minimum absolute atomic E-state index is 0.0768. The number of carbonyl (C=O) groups excluding carboxylic acids is 1. The third-order valence-corrected chi connectivity index (χ3v) is 8.86. The van der Waals surface area contributed by atoms with Gasteiger partial charge in [0.2, 0.25) is 11.8 Å². The third kappa shape index (κ3) is 3.45. The van der Waals surface area contributed by atoms with Gasteiger partial charge < -0.3 is 24.5 Å². The van der Waals surface area contributed by atoms with Crippen molar-refractivity contribution in [2.45, 2.75) is 37.1 Å². The molecule has 1 spiro atoms. The van der Waals surface area contributed by atoms with Crippen LogP contribution in [0.15, 0.2) is 10.5 Å². The highest BCUT2D eigenvalue weighted by molar-refractivity contribution is 9.10. The summed E-state index contributed by atoms with van der Waals surface area (Å²) < 4.78 is 21.7. The predicted octanol–water partition coefficient (Wildman–Crippen LogP) is 4.25. The summed E-state index contributed by atoms with van der Waals surface area (Å²) in [5.74, 6) is -0.568. The Bertz CT molecular complexity index is 1200. The standard InChI is InChI=1S/C23H25BrClFN4O4/c1-28-7-3-4-12(28)11-34-20-19-15(13-10-14(25)16(24)17(26)18(13)27-20)23(21(31)29(19)2)5-8-30(9-6-23)22(32)33/h10,12H,3-9,11H2,1-2H3,(H,32,33)/t12-/m0/s1. The molecule has 2 saturated heterocycles. The van der Waals surface area contributed by atoms with Crippen LogP contribution in [-0.2, 0) is 10.2 Å². The lowest BCUT2D eigenvalue weighted by Crippen LogP contribution is -2.49. The van der Waals surface area contributed by atoms with Crippen LogP contribution in [0, 0.1) is 5.82 Å². The van der Waals surface area contributed by atoms with Gasteiger partial charge in [-0.25, -0.2) is 14.2 Å². The van der Waals surface area contributed by atoms with Crippen LogP contribution < -0.4 is 9.64 Å². The zero-order valence-corrected chi connectivity index (χ0v) is 21.2. The van der Waals surface area contributed by atoms with Crippen molar-refractivity contribution in [1.82, 2.24) is 14.8 Å². The van der Waals surface area contributed by atoms with Crippen molar-refractivity contribution in [3.05, 3.63) is 26.9 Å². The van der Waals surface area contributed by atoms with Gasteiger partial charge in [-0.05, 0) is 61.3 Å². The SMILES string of the molecule is CN1C(=O)C2(CCN(C(=O)O)CC2)c2c1c(OC[C@@H]1CCCN1C)nc1c(F)c(Br)c(Cl)cc21. The lowest BCUT2D eigenvalue weighted by molar-refractivity contribution is -0.124. The van der Waals surface area contributed by atoms with Gasteiger partial charge in [-0.2, -0.15) is 0 Å². The Morgan fingerprint density at radius 2 is 2.06 bits per heavy atom. The van der Waals surface area contributed by atoms with E-state index in [1.54, 1.807) is 13.1 Å². The van der Waals surface area contributed by atoms with Crippen molar-refractivity contribution in [2.24, 2.45) is 0 Å². The molecule has 3 aliphatic heterocycles. The fourth-order valence-corrected chi connectivity index (χ4v) is 6.10. The van der Waals surface area contributed by atoms with Crippen LogP contribution in [0.1, 0.15) is 31.2 Å². The number of anilines is 1. The molecule has 2 fully saturated rings. The number of fused-ring (bicyclic) bond motifs is 4. The summed E-state index contributed by atoms with van der Waals surface area (Å²) in [5, 5.41) is 10.0. The second kappa shape index (κ2) is 8.49.